The van der Waals surface area contributed by atoms with Crippen molar-refractivity contribution in [2.24, 2.45) is 0 Å². The standard InChI is InChI=1S/C10H17N3S/c1-8-5-11-3-4-13(8)7-10-6-12-9(2)14-10/h6,8,11H,3-5,7H2,1-2H3. The lowest BCUT2D eigenvalue weighted by Crippen LogP contribution is -2.49. The van der Waals surface area contributed by atoms with Crippen LogP contribution >= 0.6 is 11.3 Å². The fourth-order valence-corrected chi connectivity index (χ4v) is 2.62. The van der Waals surface area contributed by atoms with Crippen molar-refractivity contribution in [1.82, 2.24) is 15.2 Å². The third kappa shape index (κ3) is 2.32. The normalized spacial score (nSPS) is 24.0. The van der Waals surface area contributed by atoms with E-state index in [-0.39, 0.29) is 0 Å². The number of nitrogens with zero attached hydrogens (tertiary/aromatic N) is 2. The Morgan fingerprint density at radius 1 is 1.71 bits per heavy atom. The predicted octanol–water partition coefficient (Wildman–Crippen LogP) is 1.25. The SMILES string of the molecule is Cc1ncc(CN2CCNCC2C)s1. The zero-order valence-corrected chi connectivity index (χ0v) is 9.60. The maximum Gasteiger partial charge on any atom is 0.0897 e. The fraction of sp³-hybridized carbons (Fsp3) is 0.700. The summed E-state index contributed by atoms with van der Waals surface area (Å²) in [6, 6.07) is 0.645. The summed E-state index contributed by atoms with van der Waals surface area (Å²) in [6.45, 7) is 8.78. The van der Waals surface area contributed by atoms with Crippen LogP contribution in [-0.4, -0.2) is 35.6 Å². The second-order valence-corrected chi connectivity index (χ2v) is 5.19. The quantitative estimate of drug-likeness (QED) is 0.798. The highest BCUT2D eigenvalue weighted by atomic mass is 32.1. The Labute approximate surface area is 89.1 Å². The Bertz CT molecular complexity index is 297. The number of hydrogen-bond donors (Lipinski definition) is 1. The Hall–Kier alpha value is -0.450. The molecule has 1 N–H and O–H groups in total. The van der Waals surface area contributed by atoms with Crippen molar-refractivity contribution in [3.05, 3.63) is 16.1 Å². The van der Waals surface area contributed by atoms with Gasteiger partial charge >= 0.3 is 0 Å². The molecule has 1 atom stereocenters. The van der Waals surface area contributed by atoms with E-state index in [1.54, 1.807) is 0 Å². The summed E-state index contributed by atoms with van der Waals surface area (Å²) < 4.78 is 0. The summed E-state index contributed by atoms with van der Waals surface area (Å²) >= 11 is 1.81. The van der Waals surface area contributed by atoms with E-state index >= 15 is 0 Å². The summed E-state index contributed by atoms with van der Waals surface area (Å²) in [5.74, 6) is 0. The highest BCUT2D eigenvalue weighted by Gasteiger charge is 2.18. The minimum atomic E-state index is 0.645. The van der Waals surface area contributed by atoms with Gasteiger partial charge < -0.3 is 5.32 Å². The number of aryl methyl sites for hydroxylation is 1. The van der Waals surface area contributed by atoms with Gasteiger partial charge in [-0.2, -0.15) is 0 Å². The van der Waals surface area contributed by atoms with Gasteiger partial charge in [0, 0.05) is 43.3 Å². The minimum absolute atomic E-state index is 0.645. The highest BCUT2D eigenvalue weighted by molar-refractivity contribution is 7.11. The summed E-state index contributed by atoms with van der Waals surface area (Å²) in [4.78, 5) is 8.19. The maximum atomic E-state index is 4.28. The third-order valence-electron chi connectivity index (χ3n) is 2.67. The Morgan fingerprint density at radius 3 is 3.21 bits per heavy atom. The molecule has 0 radical (unpaired) electrons. The van der Waals surface area contributed by atoms with Crippen LogP contribution in [0.3, 0.4) is 0 Å². The van der Waals surface area contributed by atoms with E-state index in [9.17, 15) is 0 Å². The van der Waals surface area contributed by atoms with E-state index in [1.165, 1.54) is 9.88 Å². The monoisotopic (exact) mass is 211 g/mol. The number of nitrogens with one attached hydrogen (secondary N) is 1. The molecule has 1 fully saturated rings. The molecule has 2 rings (SSSR count). The fourth-order valence-electron chi connectivity index (χ4n) is 1.80. The van der Waals surface area contributed by atoms with Crippen LogP contribution in [0.5, 0.6) is 0 Å². The number of rotatable bonds is 2. The van der Waals surface area contributed by atoms with Crippen molar-refractivity contribution in [3.63, 3.8) is 0 Å². The van der Waals surface area contributed by atoms with Gasteiger partial charge in [-0.05, 0) is 13.8 Å². The van der Waals surface area contributed by atoms with E-state index in [2.05, 4.69) is 29.0 Å². The molecular weight excluding hydrogens is 194 g/mol. The smallest absolute Gasteiger partial charge is 0.0897 e. The van der Waals surface area contributed by atoms with Gasteiger partial charge in [-0.25, -0.2) is 4.98 Å². The first kappa shape index (κ1) is 10.1. The van der Waals surface area contributed by atoms with Gasteiger partial charge in [0.25, 0.3) is 0 Å². The van der Waals surface area contributed by atoms with Gasteiger partial charge in [-0.15, -0.1) is 11.3 Å². The maximum absolute atomic E-state index is 4.28. The molecule has 3 nitrogen and oxygen atoms in total. The zero-order chi connectivity index (χ0) is 9.97. The van der Waals surface area contributed by atoms with Crippen molar-refractivity contribution in [1.29, 1.82) is 0 Å². The molecule has 4 heteroatoms. The van der Waals surface area contributed by atoms with Gasteiger partial charge in [-0.1, -0.05) is 0 Å². The molecule has 0 bridgehead atoms. The van der Waals surface area contributed by atoms with Crippen LogP contribution in [0.25, 0.3) is 0 Å². The molecule has 14 heavy (non-hydrogen) atoms. The van der Waals surface area contributed by atoms with Crippen LogP contribution in [0.1, 0.15) is 16.8 Å². The van der Waals surface area contributed by atoms with E-state index in [0.717, 1.165) is 26.2 Å². The molecule has 0 spiro atoms. The lowest BCUT2D eigenvalue weighted by Gasteiger charge is -2.33. The number of piperazine rings is 1. The summed E-state index contributed by atoms with van der Waals surface area (Å²) in [5.41, 5.74) is 0. The van der Waals surface area contributed by atoms with Gasteiger partial charge in [0.15, 0.2) is 0 Å². The zero-order valence-electron chi connectivity index (χ0n) is 8.79. The third-order valence-corrected chi connectivity index (χ3v) is 3.56. The first-order valence-electron chi connectivity index (χ1n) is 5.12. The molecule has 2 heterocycles. The Kier molecular flexibility index (Phi) is 3.15. The molecule has 0 aliphatic carbocycles. The van der Waals surface area contributed by atoms with E-state index in [0.29, 0.717) is 6.04 Å². The van der Waals surface area contributed by atoms with Gasteiger partial charge in [0.2, 0.25) is 0 Å². The number of thiazole rings is 1. The largest absolute Gasteiger partial charge is 0.314 e. The molecule has 0 saturated carbocycles. The van der Waals surface area contributed by atoms with Crippen LogP contribution in [0, 0.1) is 6.92 Å². The average molecular weight is 211 g/mol. The van der Waals surface area contributed by atoms with Crippen LogP contribution < -0.4 is 5.32 Å². The molecule has 0 amide bonds. The molecule has 1 aromatic heterocycles. The summed E-state index contributed by atoms with van der Waals surface area (Å²) in [6.07, 6.45) is 2.01. The Morgan fingerprint density at radius 2 is 2.57 bits per heavy atom. The molecule has 1 saturated heterocycles. The highest BCUT2D eigenvalue weighted by Crippen LogP contribution is 2.16. The number of aromatic nitrogens is 1. The van der Waals surface area contributed by atoms with Crippen molar-refractivity contribution in [2.75, 3.05) is 19.6 Å². The van der Waals surface area contributed by atoms with Gasteiger partial charge in [-0.3, -0.25) is 4.90 Å². The van der Waals surface area contributed by atoms with Gasteiger partial charge in [0.05, 0.1) is 5.01 Å². The first-order valence-corrected chi connectivity index (χ1v) is 5.93. The van der Waals surface area contributed by atoms with Crippen LogP contribution in [-0.2, 0) is 6.54 Å². The van der Waals surface area contributed by atoms with Crippen molar-refractivity contribution in [3.8, 4) is 0 Å². The van der Waals surface area contributed by atoms with E-state index < -0.39 is 0 Å². The van der Waals surface area contributed by atoms with Crippen LogP contribution in [0.15, 0.2) is 6.20 Å². The number of hydrogen-bond acceptors (Lipinski definition) is 4. The second-order valence-electron chi connectivity index (χ2n) is 3.87. The molecule has 1 aliphatic heterocycles. The molecule has 1 aliphatic rings. The Balaban J connectivity index is 1.95. The summed E-state index contributed by atoms with van der Waals surface area (Å²) in [7, 11) is 0. The van der Waals surface area contributed by atoms with Crippen LogP contribution in [0.4, 0.5) is 0 Å². The topological polar surface area (TPSA) is 28.2 Å². The van der Waals surface area contributed by atoms with Gasteiger partial charge in [0.1, 0.15) is 0 Å². The lowest BCUT2D eigenvalue weighted by molar-refractivity contribution is 0.167. The van der Waals surface area contributed by atoms with E-state index in [1.807, 2.05) is 17.5 Å². The predicted molar refractivity (Wildman–Crippen MR) is 59.6 cm³/mol. The average Bonchev–Trinajstić information content (AvgIpc) is 2.56. The molecule has 1 aromatic rings. The summed E-state index contributed by atoms with van der Waals surface area (Å²) in [5, 5.41) is 4.57. The van der Waals surface area contributed by atoms with E-state index in [4.69, 9.17) is 0 Å². The molecular formula is C10H17N3S. The minimum Gasteiger partial charge on any atom is -0.314 e. The molecule has 1 unspecified atom stereocenters. The first-order chi connectivity index (χ1) is 6.75. The molecule has 0 aromatic carbocycles. The molecule has 78 valence electrons. The van der Waals surface area contributed by atoms with Crippen molar-refractivity contribution >= 4 is 11.3 Å². The lowest BCUT2D eigenvalue weighted by atomic mass is 10.2. The van der Waals surface area contributed by atoms with Crippen molar-refractivity contribution < 1.29 is 0 Å². The van der Waals surface area contributed by atoms with Crippen LogP contribution in [0.2, 0.25) is 0 Å². The van der Waals surface area contributed by atoms with Crippen molar-refractivity contribution in [2.45, 2.75) is 26.4 Å². The second kappa shape index (κ2) is 4.38.